The zero-order valence-electron chi connectivity index (χ0n) is 19.1. The van der Waals surface area contributed by atoms with E-state index in [-0.39, 0.29) is 17.9 Å². The van der Waals surface area contributed by atoms with Crippen LogP contribution in [0, 0.1) is 5.92 Å². The third-order valence-corrected chi connectivity index (χ3v) is 8.14. The molecule has 1 aromatic rings. The maximum absolute atomic E-state index is 12.9. The summed E-state index contributed by atoms with van der Waals surface area (Å²) in [5.74, 6) is 0.916. The first-order chi connectivity index (χ1) is 15.3. The van der Waals surface area contributed by atoms with E-state index < -0.39 is 10.0 Å². The molecule has 32 heavy (non-hydrogen) atoms. The van der Waals surface area contributed by atoms with Crippen LogP contribution in [0.15, 0.2) is 34.2 Å². The molecule has 3 aliphatic rings. The normalized spacial score (nSPS) is 23.7. The second kappa shape index (κ2) is 9.35. The van der Waals surface area contributed by atoms with E-state index in [0.717, 1.165) is 19.4 Å². The van der Waals surface area contributed by atoms with Crippen molar-refractivity contribution in [3.63, 3.8) is 0 Å². The molecule has 0 spiro atoms. The van der Waals surface area contributed by atoms with Gasteiger partial charge >= 0.3 is 0 Å². The van der Waals surface area contributed by atoms with Gasteiger partial charge in [-0.05, 0) is 49.7 Å². The number of benzene rings is 1. The van der Waals surface area contributed by atoms with Crippen molar-refractivity contribution >= 4 is 26.7 Å². The van der Waals surface area contributed by atoms with Crippen LogP contribution in [0.5, 0.6) is 0 Å². The molecule has 0 saturated carbocycles. The van der Waals surface area contributed by atoms with Crippen LogP contribution in [-0.2, 0) is 19.6 Å². The minimum absolute atomic E-state index is 0.0569. The van der Waals surface area contributed by atoms with Gasteiger partial charge in [0.2, 0.25) is 5.91 Å². The molecule has 0 aliphatic carbocycles. The lowest BCUT2D eigenvalue weighted by atomic mass is 9.95. The van der Waals surface area contributed by atoms with Crippen LogP contribution in [0.1, 0.15) is 63.5 Å². The Morgan fingerprint density at radius 2 is 1.88 bits per heavy atom. The van der Waals surface area contributed by atoms with Gasteiger partial charge in [-0.2, -0.15) is 8.42 Å². The predicted octanol–water partition coefficient (Wildman–Crippen LogP) is 3.29. The maximum Gasteiger partial charge on any atom is 0.285 e. The molecule has 1 N–H and O–H groups in total. The smallest absolute Gasteiger partial charge is 0.285 e. The van der Waals surface area contributed by atoms with Crippen molar-refractivity contribution in [1.29, 1.82) is 0 Å². The monoisotopic (exact) mass is 459 g/mol. The fourth-order valence-electron chi connectivity index (χ4n) is 4.72. The highest BCUT2D eigenvalue weighted by Gasteiger charge is 2.35. The quantitative estimate of drug-likeness (QED) is 0.730. The van der Waals surface area contributed by atoms with Crippen LogP contribution in [0.25, 0.3) is 4.91 Å². The van der Waals surface area contributed by atoms with E-state index in [1.807, 2.05) is 36.1 Å². The number of carbonyl (C=O) groups excluding carboxylic acids is 1. The van der Waals surface area contributed by atoms with Crippen molar-refractivity contribution in [3.05, 3.63) is 41.0 Å². The number of amides is 1. The van der Waals surface area contributed by atoms with Crippen molar-refractivity contribution in [3.8, 4) is 0 Å². The summed E-state index contributed by atoms with van der Waals surface area (Å²) in [4.78, 5) is 14.8. The van der Waals surface area contributed by atoms with Crippen molar-refractivity contribution in [2.75, 3.05) is 26.2 Å². The van der Waals surface area contributed by atoms with Crippen LogP contribution >= 0.6 is 0 Å². The number of carbonyl (C=O) groups is 1. The SMILES string of the molecule is CC1=C(c2ccc(C(C)C)cc2)S(=O)(=O)N=C1N1CCC(C(=O)NC[C@@H]2CCCO2)CC1. The standard InChI is InChI=1S/C24H33N3O4S/c1-16(2)18-6-8-19(9-7-18)22-17(3)23(26-32(22,29)30)27-12-10-20(11-13-27)24(28)25-15-21-5-4-14-31-21/h6-9,16,20-21H,4-5,10-15H2,1-3H3,(H,25,28)/t21-/m0/s1. The second-order valence-electron chi connectivity index (χ2n) is 9.26. The third kappa shape index (κ3) is 4.76. The number of ether oxygens (including phenoxy) is 1. The second-order valence-corrected chi connectivity index (χ2v) is 10.8. The minimum Gasteiger partial charge on any atom is -0.376 e. The van der Waals surface area contributed by atoms with E-state index in [4.69, 9.17) is 4.74 Å². The highest BCUT2D eigenvalue weighted by Crippen LogP contribution is 2.35. The van der Waals surface area contributed by atoms with E-state index in [0.29, 0.717) is 60.3 Å². The van der Waals surface area contributed by atoms with Gasteiger partial charge in [0.1, 0.15) is 10.7 Å². The van der Waals surface area contributed by atoms with Crippen molar-refractivity contribution < 1.29 is 17.9 Å². The predicted molar refractivity (Wildman–Crippen MR) is 126 cm³/mol. The lowest BCUT2D eigenvalue weighted by Crippen LogP contribution is -2.44. The zero-order chi connectivity index (χ0) is 22.9. The molecule has 7 nitrogen and oxygen atoms in total. The fraction of sp³-hybridized carbons (Fsp3) is 0.583. The topological polar surface area (TPSA) is 88.1 Å². The summed E-state index contributed by atoms with van der Waals surface area (Å²) in [6, 6.07) is 7.70. The fourth-order valence-corrected chi connectivity index (χ4v) is 6.20. The number of sulfonamides is 1. The number of nitrogens with one attached hydrogen (secondary N) is 1. The lowest BCUT2D eigenvalue weighted by Gasteiger charge is -2.33. The van der Waals surface area contributed by atoms with Gasteiger partial charge in [-0.15, -0.1) is 4.40 Å². The first kappa shape index (κ1) is 23.0. The Morgan fingerprint density at radius 3 is 2.47 bits per heavy atom. The van der Waals surface area contributed by atoms with Crippen LogP contribution < -0.4 is 5.32 Å². The largest absolute Gasteiger partial charge is 0.376 e. The number of rotatable bonds is 5. The van der Waals surface area contributed by atoms with Gasteiger partial charge in [0.15, 0.2) is 0 Å². The number of piperidine rings is 1. The molecule has 0 unspecified atom stereocenters. The van der Waals surface area contributed by atoms with E-state index in [9.17, 15) is 13.2 Å². The number of amidine groups is 1. The molecule has 1 atom stereocenters. The highest BCUT2D eigenvalue weighted by atomic mass is 32.2. The Kier molecular flexibility index (Phi) is 6.72. The zero-order valence-corrected chi connectivity index (χ0v) is 20.0. The van der Waals surface area contributed by atoms with Crippen LogP contribution in [0.2, 0.25) is 0 Å². The van der Waals surface area contributed by atoms with E-state index in [2.05, 4.69) is 23.6 Å². The van der Waals surface area contributed by atoms with Crippen LogP contribution in [-0.4, -0.2) is 57.4 Å². The molecule has 0 aromatic heterocycles. The van der Waals surface area contributed by atoms with Gasteiger partial charge < -0.3 is 15.0 Å². The van der Waals surface area contributed by atoms with E-state index >= 15 is 0 Å². The molecule has 1 aromatic carbocycles. The van der Waals surface area contributed by atoms with E-state index in [1.165, 1.54) is 5.56 Å². The summed E-state index contributed by atoms with van der Waals surface area (Å²) in [6.45, 7) is 8.63. The Morgan fingerprint density at radius 1 is 1.19 bits per heavy atom. The molecule has 174 valence electrons. The average molecular weight is 460 g/mol. The number of nitrogens with zero attached hydrogens (tertiary/aromatic N) is 2. The lowest BCUT2D eigenvalue weighted by molar-refractivity contribution is -0.126. The van der Waals surface area contributed by atoms with E-state index in [1.54, 1.807) is 0 Å². The molecule has 0 bridgehead atoms. The molecule has 2 saturated heterocycles. The Labute approximate surface area is 191 Å². The molecule has 4 rings (SSSR count). The molecular weight excluding hydrogens is 426 g/mol. The molecule has 8 heteroatoms. The molecule has 3 aliphatic heterocycles. The number of likely N-dealkylation sites (tertiary alicyclic amines) is 1. The van der Waals surface area contributed by atoms with Crippen LogP contribution in [0.3, 0.4) is 0 Å². The average Bonchev–Trinajstić information content (AvgIpc) is 3.37. The summed E-state index contributed by atoms with van der Waals surface area (Å²) >= 11 is 0. The van der Waals surface area contributed by atoms with Gasteiger partial charge in [0.05, 0.1) is 6.10 Å². The summed E-state index contributed by atoms with van der Waals surface area (Å²) < 4.78 is 35.5. The Bertz CT molecular complexity index is 1010. The molecule has 2 fully saturated rings. The maximum atomic E-state index is 12.9. The molecule has 3 heterocycles. The van der Waals surface area contributed by atoms with Crippen LogP contribution in [0.4, 0.5) is 0 Å². The first-order valence-corrected chi connectivity index (χ1v) is 13.0. The van der Waals surface area contributed by atoms with Gasteiger partial charge in [-0.3, -0.25) is 4.79 Å². The summed E-state index contributed by atoms with van der Waals surface area (Å²) in [5, 5.41) is 3.02. The number of hydrogen-bond donors (Lipinski definition) is 1. The number of hydrogen-bond acceptors (Lipinski definition) is 5. The summed E-state index contributed by atoms with van der Waals surface area (Å²) in [6.07, 6.45) is 3.56. The van der Waals surface area contributed by atoms with Gasteiger partial charge in [-0.25, -0.2) is 0 Å². The molecule has 0 radical (unpaired) electrons. The third-order valence-electron chi connectivity index (χ3n) is 6.67. The van der Waals surface area contributed by atoms with Gasteiger partial charge in [-0.1, -0.05) is 38.1 Å². The van der Waals surface area contributed by atoms with Crippen molar-refractivity contribution in [2.45, 2.75) is 58.5 Å². The molecule has 1 amide bonds. The highest BCUT2D eigenvalue weighted by molar-refractivity contribution is 8.00. The Hall–Kier alpha value is -2.19. The first-order valence-electron chi connectivity index (χ1n) is 11.6. The van der Waals surface area contributed by atoms with Gasteiger partial charge in [0, 0.05) is 37.7 Å². The van der Waals surface area contributed by atoms with Crippen molar-refractivity contribution in [2.24, 2.45) is 10.3 Å². The van der Waals surface area contributed by atoms with Gasteiger partial charge in [0.25, 0.3) is 10.0 Å². The minimum atomic E-state index is -3.74. The summed E-state index contributed by atoms with van der Waals surface area (Å²) in [5.41, 5.74) is 2.53. The van der Waals surface area contributed by atoms with Crippen molar-refractivity contribution in [1.82, 2.24) is 10.2 Å². The molecular formula is C24H33N3O4S. The Balaban J connectivity index is 1.41. The summed E-state index contributed by atoms with van der Waals surface area (Å²) in [7, 11) is -3.74.